The van der Waals surface area contributed by atoms with Gasteiger partial charge in [0.15, 0.2) is 11.6 Å². The summed E-state index contributed by atoms with van der Waals surface area (Å²) in [5.41, 5.74) is 0.412. The van der Waals surface area contributed by atoms with Crippen molar-refractivity contribution in [1.29, 1.82) is 0 Å². The second-order valence-electron chi connectivity index (χ2n) is 5.24. The molecule has 4 nitrogen and oxygen atoms in total. The summed E-state index contributed by atoms with van der Waals surface area (Å²) in [6, 6.07) is 4.12. The van der Waals surface area contributed by atoms with Crippen molar-refractivity contribution in [2.75, 3.05) is 20.2 Å². The fourth-order valence-corrected chi connectivity index (χ4v) is 2.56. The van der Waals surface area contributed by atoms with Gasteiger partial charge in [0.25, 0.3) is 5.91 Å². The van der Waals surface area contributed by atoms with Crippen molar-refractivity contribution in [3.63, 3.8) is 0 Å². The monoisotopic (exact) mass is 281 g/mol. The highest BCUT2D eigenvalue weighted by Gasteiger charge is 2.27. The number of nitrogens with zero attached hydrogens (tertiary/aromatic N) is 1. The standard InChI is InChI=1S/C15H20FNO3/c1-10(18)12-4-3-7-17(9-12)15(19)11-5-6-13(16)14(8-11)20-2/h5-6,8,10,12,18H,3-4,7,9H2,1-2H3. The van der Waals surface area contributed by atoms with Gasteiger partial charge in [0, 0.05) is 24.6 Å². The van der Waals surface area contributed by atoms with Crippen molar-refractivity contribution in [3.05, 3.63) is 29.6 Å². The molecule has 20 heavy (non-hydrogen) atoms. The minimum atomic E-state index is -0.482. The number of hydrogen-bond acceptors (Lipinski definition) is 3. The van der Waals surface area contributed by atoms with Gasteiger partial charge >= 0.3 is 0 Å². The first kappa shape index (κ1) is 14.8. The largest absolute Gasteiger partial charge is 0.494 e. The lowest BCUT2D eigenvalue weighted by molar-refractivity contribution is 0.0465. The molecule has 0 aliphatic carbocycles. The number of amides is 1. The summed E-state index contributed by atoms with van der Waals surface area (Å²) in [6.07, 6.45) is 1.38. The van der Waals surface area contributed by atoms with Gasteiger partial charge in [-0.2, -0.15) is 0 Å². The van der Waals surface area contributed by atoms with Crippen molar-refractivity contribution in [2.24, 2.45) is 5.92 Å². The van der Waals surface area contributed by atoms with Crippen LogP contribution in [0.2, 0.25) is 0 Å². The lowest BCUT2D eigenvalue weighted by atomic mass is 9.93. The summed E-state index contributed by atoms with van der Waals surface area (Å²) >= 11 is 0. The summed E-state index contributed by atoms with van der Waals surface area (Å²) in [6.45, 7) is 2.96. The van der Waals surface area contributed by atoms with Crippen LogP contribution in [0.1, 0.15) is 30.1 Å². The third-order valence-electron chi connectivity index (χ3n) is 3.83. The van der Waals surface area contributed by atoms with E-state index in [1.807, 2.05) is 0 Å². The Bertz CT molecular complexity index is 490. The average Bonchev–Trinajstić information content (AvgIpc) is 2.47. The molecule has 1 aromatic rings. The molecule has 1 fully saturated rings. The van der Waals surface area contributed by atoms with E-state index in [1.165, 1.54) is 25.3 Å². The number of likely N-dealkylation sites (tertiary alicyclic amines) is 1. The van der Waals surface area contributed by atoms with Crippen molar-refractivity contribution >= 4 is 5.91 Å². The molecule has 1 aromatic carbocycles. The van der Waals surface area contributed by atoms with Crippen LogP contribution in [0.25, 0.3) is 0 Å². The molecule has 0 radical (unpaired) electrons. The highest BCUT2D eigenvalue weighted by Crippen LogP contribution is 2.23. The molecule has 2 atom stereocenters. The van der Waals surface area contributed by atoms with Crippen molar-refractivity contribution in [2.45, 2.75) is 25.9 Å². The number of ether oxygens (including phenoxy) is 1. The predicted molar refractivity (Wildman–Crippen MR) is 73.3 cm³/mol. The summed E-state index contributed by atoms with van der Waals surface area (Å²) < 4.78 is 18.3. The smallest absolute Gasteiger partial charge is 0.254 e. The first-order valence-corrected chi connectivity index (χ1v) is 6.83. The highest BCUT2D eigenvalue weighted by atomic mass is 19.1. The molecule has 1 amide bonds. The van der Waals surface area contributed by atoms with Crippen molar-refractivity contribution < 1.29 is 19.0 Å². The molecule has 2 rings (SSSR count). The molecule has 2 unspecified atom stereocenters. The van der Waals surface area contributed by atoms with Gasteiger partial charge in [-0.1, -0.05) is 0 Å². The molecule has 0 saturated carbocycles. The lowest BCUT2D eigenvalue weighted by Gasteiger charge is -2.34. The molecule has 1 heterocycles. The Kier molecular flexibility index (Phi) is 4.60. The topological polar surface area (TPSA) is 49.8 Å². The van der Waals surface area contributed by atoms with Gasteiger partial charge < -0.3 is 14.7 Å². The molecule has 1 aliphatic heterocycles. The van der Waals surface area contributed by atoms with Crippen LogP contribution in [-0.4, -0.2) is 42.2 Å². The van der Waals surface area contributed by atoms with Crippen molar-refractivity contribution in [1.82, 2.24) is 4.90 Å². The quantitative estimate of drug-likeness (QED) is 0.922. The van der Waals surface area contributed by atoms with E-state index in [4.69, 9.17) is 4.74 Å². The number of rotatable bonds is 3. The Morgan fingerprint density at radius 2 is 2.30 bits per heavy atom. The van der Waals surface area contributed by atoms with Gasteiger partial charge in [0.05, 0.1) is 13.2 Å². The maximum Gasteiger partial charge on any atom is 0.254 e. The molecule has 110 valence electrons. The number of halogens is 1. The van der Waals surface area contributed by atoms with E-state index in [1.54, 1.807) is 11.8 Å². The maximum absolute atomic E-state index is 13.4. The van der Waals surface area contributed by atoms with Gasteiger partial charge in [-0.25, -0.2) is 4.39 Å². The number of aliphatic hydroxyl groups is 1. The number of benzene rings is 1. The SMILES string of the molecule is COc1cc(C(=O)N2CCCC(C(C)O)C2)ccc1F. The maximum atomic E-state index is 13.4. The Labute approximate surface area is 118 Å². The molecule has 0 bridgehead atoms. The minimum Gasteiger partial charge on any atom is -0.494 e. The van der Waals surface area contributed by atoms with Crippen LogP contribution in [0.5, 0.6) is 5.75 Å². The number of aliphatic hydroxyl groups excluding tert-OH is 1. The van der Waals surface area contributed by atoms with E-state index < -0.39 is 11.9 Å². The van der Waals surface area contributed by atoms with Gasteiger partial charge in [-0.05, 0) is 38.0 Å². The zero-order valence-corrected chi connectivity index (χ0v) is 11.8. The Balaban J connectivity index is 2.14. The second-order valence-corrected chi connectivity index (χ2v) is 5.24. The molecule has 5 heteroatoms. The van der Waals surface area contributed by atoms with E-state index in [2.05, 4.69) is 0 Å². The van der Waals surface area contributed by atoms with Gasteiger partial charge in [0.2, 0.25) is 0 Å². The minimum absolute atomic E-state index is 0.0694. The summed E-state index contributed by atoms with van der Waals surface area (Å²) in [4.78, 5) is 14.1. The van der Waals surface area contributed by atoms with Crippen LogP contribution in [0.4, 0.5) is 4.39 Å². The fourth-order valence-electron chi connectivity index (χ4n) is 2.56. The number of hydrogen-bond donors (Lipinski definition) is 1. The predicted octanol–water partition coefficient (Wildman–Crippen LogP) is 2.07. The van der Waals surface area contributed by atoms with Crippen LogP contribution < -0.4 is 4.74 Å². The van der Waals surface area contributed by atoms with E-state index in [0.717, 1.165) is 12.8 Å². The molecule has 0 spiro atoms. The third kappa shape index (κ3) is 3.10. The van der Waals surface area contributed by atoms with Crippen LogP contribution in [-0.2, 0) is 0 Å². The number of methoxy groups -OCH3 is 1. The fraction of sp³-hybridized carbons (Fsp3) is 0.533. The number of piperidine rings is 1. The summed E-state index contributed by atoms with van der Waals surface area (Å²) in [7, 11) is 1.37. The number of carbonyl (C=O) groups is 1. The first-order chi connectivity index (χ1) is 9.52. The van der Waals surface area contributed by atoms with Crippen LogP contribution in [0.3, 0.4) is 0 Å². The molecular formula is C15H20FNO3. The van der Waals surface area contributed by atoms with Gasteiger partial charge in [0.1, 0.15) is 0 Å². The van der Waals surface area contributed by atoms with Crippen LogP contribution in [0.15, 0.2) is 18.2 Å². The molecule has 1 saturated heterocycles. The Morgan fingerprint density at radius 1 is 1.55 bits per heavy atom. The van der Waals surface area contributed by atoms with Crippen LogP contribution in [0, 0.1) is 11.7 Å². The third-order valence-corrected chi connectivity index (χ3v) is 3.83. The lowest BCUT2D eigenvalue weighted by Crippen LogP contribution is -2.42. The zero-order chi connectivity index (χ0) is 14.7. The van der Waals surface area contributed by atoms with E-state index >= 15 is 0 Å². The van der Waals surface area contributed by atoms with Gasteiger partial charge in [-0.3, -0.25) is 4.79 Å². The Morgan fingerprint density at radius 3 is 2.95 bits per heavy atom. The van der Waals surface area contributed by atoms with E-state index in [9.17, 15) is 14.3 Å². The molecule has 0 aromatic heterocycles. The summed E-state index contributed by atoms with van der Waals surface area (Å²) in [5, 5.41) is 9.66. The van der Waals surface area contributed by atoms with E-state index in [-0.39, 0.29) is 17.6 Å². The molecule has 1 N–H and O–H groups in total. The zero-order valence-electron chi connectivity index (χ0n) is 11.8. The average molecular weight is 281 g/mol. The molecular weight excluding hydrogens is 261 g/mol. The first-order valence-electron chi connectivity index (χ1n) is 6.83. The van der Waals surface area contributed by atoms with Crippen molar-refractivity contribution in [3.8, 4) is 5.75 Å². The Hall–Kier alpha value is -1.62. The second kappa shape index (κ2) is 6.22. The normalized spacial score (nSPS) is 20.6. The van der Waals surface area contributed by atoms with E-state index in [0.29, 0.717) is 18.7 Å². The highest BCUT2D eigenvalue weighted by molar-refractivity contribution is 5.94. The molecule has 1 aliphatic rings. The summed E-state index contributed by atoms with van der Waals surface area (Å²) in [5.74, 6) is -0.451. The van der Waals surface area contributed by atoms with Gasteiger partial charge in [-0.15, -0.1) is 0 Å². The van der Waals surface area contributed by atoms with Crippen LogP contribution >= 0.6 is 0 Å². The number of carbonyl (C=O) groups excluding carboxylic acids is 1.